The first-order valence-corrected chi connectivity index (χ1v) is 16.0. The maximum atomic E-state index is 8.85. The zero-order chi connectivity index (χ0) is 32.2. The highest BCUT2D eigenvalue weighted by atomic mass is 16.3. The van der Waals surface area contributed by atoms with Crippen LogP contribution in [0.4, 0.5) is 17.1 Å². The van der Waals surface area contributed by atoms with E-state index >= 15 is 0 Å². The molecule has 1 aliphatic carbocycles. The summed E-state index contributed by atoms with van der Waals surface area (Å²) in [6.07, 6.45) is 3.64. The first-order chi connectivity index (χ1) is 23.6. The Labute approximate surface area is 277 Å². The van der Waals surface area contributed by atoms with Crippen LogP contribution in [-0.2, 0) is 0 Å². The van der Waals surface area contributed by atoms with Gasteiger partial charge < -0.3 is 9.32 Å². The number of rotatable bonds is 5. The number of allylic oxidation sites excluding steroid dienone is 1. The molecule has 48 heavy (non-hydrogen) atoms. The number of nitrogens with one attached hydrogen (secondary N) is 2. The maximum Gasteiger partial charge on any atom is 0.137 e. The lowest BCUT2D eigenvalue weighted by Gasteiger charge is -2.28. The third kappa shape index (κ3) is 4.46. The van der Waals surface area contributed by atoms with Crippen LogP contribution in [0.1, 0.15) is 11.1 Å². The maximum absolute atomic E-state index is 8.85. The standard InChI is InChI=1S/C44H29N3O/c45-38-25-23-30-21-20-29-22-24-33(27-37(29)42(30)44(38)46)47(39-17-9-19-41-43(39)36-16-6-7-18-40(36)48-41)32-13-8-12-31(26-32)35-15-5-4-14-34(35)28-10-2-1-3-11-28/h1-27,45-46H. The van der Waals surface area contributed by atoms with Crippen molar-refractivity contribution in [3.8, 4) is 22.3 Å². The normalized spacial score (nSPS) is 12.6. The van der Waals surface area contributed by atoms with Crippen molar-refractivity contribution in [3.63, 3.8) is 0 Å². The Morgan fingerprint density at radius 3 is 2.06 bits per heavy atom. The lowest BCUT2D eigenvalue weighted by Crippen LogP contribution is -2.16. The Balaban J connectivity index is 1.31. The molecule has 8 aromatic rings. The number of benzene rings is 7. The quantitative estimate of drug-likeness (QED) is 0.202. The average molecular weight is 616 g/mol. The Kier molecular flexibility index (Phi) is 6.41. The van der Waals surface area contributed by atoms with Crippen LogP contribution in [0.2, 0.25) is 0 Å². The molecule has 0 unspecified atom stereocenters. The number of hydrogen-bond donors (Lipinski definition) is 2. The molecular formula is C44H29N3O. The highest BCUT2D eigenvalue weighted by molar-refractivity contribution is 6.53. The van der Waals surface area contributed by atoms with E-state index in [4.69, 9.17) is 15.2 Å². The molecule has 0 fully saturated rings. The van der Waals surface area contributed by atoms with Gasteiger partial charge in [0.15, 0.2) is 0 Å². The Morgan fingerprint density at radius 1 is 0.500 bits per heavy atom. The van der Waals surface area contributed by atoms with E-state index in [1.54, 1.807) is 6.08 Å². The van der Waals surface area contributed by atoms with E-state index in [0.717, 1.165) is 72.0 Å². The van der Waals surface area contributed by atoms with Gasteiger partial charge in [0.05, 0.1) is 22.5 Å². The molecule has 0 bridgehead atoms. The molecule has 1 heterocycles. The molecule has 9 rings (SSSR count). The second-order valence-corrected chi connectivity index (χ2v) is 12.1. The van der Waals surface area contributed by atoms with E-state index in [0.29, 0.717) is 0 Å². The Hall–Kier alpha value is -6.52. The molecule has 226 valence electrons. The highest BCUT2D eigenvalue weighted by Crippen LogP contribution is 2.45. The van der Waals surface area contributed by atoms with Gasteiger partial charge in [-0.1, -0.05) is 115 Å². The van der Waals surface area contributed by atoms with Gasteiger partial charge in [-0.25, -0.2) is 0 Å². The third-order valence-electron chi connectivity index (χ3n) is 9.29. The van der Waals surface area contributed by atoms with Gasteiger partial charge in [-0.05, 0) is 87.1 Å². The van der Waals surface area contributed by atoms with Crippen LogP contribution < -0.4 is 4.90 Å². The molecule has 0 radical (unpaired) electrons. The molecule has 2 N–H and O–H groups in total. The molecule has 0 amide bonds. The van der Waals surface area contributed by atoms with Gasteiger partial charge in [-0.3, -0.25) is 10.8 Å². The van der Waals surface area contributed by atoms with Crippen molar-refractivity contribution >= 4 is 67.3 Å². The van der Waals surface area contributed by atoms with Crippen LogP contribution in [0.5, 0.6) is 0 Å². The summed E-state index contributed by atoms with van der Waals surface area (Å²) in [6.45, 7) is 0. The number of furan rings is 1. The zero-order valence-corrected chi connectivity index (χ0v) is 25.9. The highest BCUT2D eigenvalue weighted by Gasteiger charge is 2.23. The van der Waals surface area contributed by atoms with Crippen LogP contribution in [0, 0.1) is 10.8 Å². The molecule has 0 atom stereocenters. The van der Waals surface area contributed by atoms with E-state index in [1.807, 2.05) is 42.5 Å². The SMILES string of the molecule is N=C1C=Cc2ccc3ccc(N(c4cccc(-c5ccccc5-c5ccccc5)c4)c4cccc5oc6ccccc6c45)cc3c2C1=N. The largest absolute Gasteiger partial charge is 0.456 e. The van der Waals surface area contributed by atoms with Crippen LogP contribution in [0.25, 0.3) is 61.0 Å². The summed E-state index contributed by atoms with van der Waals surface area (Å²) in [5.41, 5.74) is 11.4. The molecule has 0 saturated carbocycles. The van der Waals surface area contributed by atoms with E-state index in [2.05, 4.69) is 120 Å². The number of fused-ring (bicyclic) bond motifs is 6. The molecule has 1 aromatic heterocycles. The molecule has 0 saturated heterocycles. The first kappa shape index (κ1) is 27.8. The summed E-state index contributed by atoms with van der Waals surface area (Å²) >= 11 is 0. The van der Waals surface area contributed by atoms with Crippen molar-refractivity contribution < 1.29 is 4.42 Å². The number of hydrogen-bond acceptors (Lipinski definition) is 4. The first-order valence-electron chi connectivity index (χ1n) is 16.0. The fourth-order valence-corrected chi connectivity index (χ4v) is 7.06. The molecule has 0 spiro atoms. The van der Waals surface area contributed by atoms with E-state index < -0.39 is 0 Å². The Morgan fingerprint density at radius 2 is 1.19 bits per heavy atom. The predicted molar refractivity (Wildman–Crippen MR) is 200 cm³/mol. The smallest absolute Gasteiger partial charge is 0.137 e. The second kappa shape index (κ2) is 11.1. The van der Waals surface area contributed by atoms with Crippen molar-refractivity contribution in [3.05, 3.63) is 169 Å². The minimum absolute atomic E-state index is 0.219. The van der Waals surface area contributed by atoms with Gasteiger partial charge in [0.25, 0.3) is 0 Å². The zero-order valence-electron chi connectivity index (χ0n) is 25.9. The molecule has 1 aliphatic rings. The lowest BCUT2D eigenvalue weighted by molar-refractivity contribution is 0.669. The molecule has 4 heteroatoms. The lowest BCUT2D eigenvalue weighted by atomic mass is 9.89. The monoisotopic (exact) mass is 615 g/mol. The van der Waals surface area contributed by atoms with Crippen molar-refractivity contribution in [1.82, 2.24) is 0 Å². The van der Waals surface area contributed by atoms with Gasteiger partial charge in [0.1, 0.15) is 11.2 Å². The van der Waals surface area contributed by atoms with Crippen LogP contribution in [-0.4, -0.2) is 11.4 Å². The molecule has 7 aromatic carbocycles. The van der Waals surface area contributed by atoms with E-state index in [9.17, 15) is 0 Å². The summed E-state index contributed by atoms with van der Waals surface area (Å²) in [5.74, 6) is 0. The van der Waals surface area contributed by atoms with E-state index in [1.165, 1.54) is 11.1 Å². The van der Waals surface area contributed by atoms with E-state index in [-0.39, 0.29) is 11.4 Å². The molecule has 0 aliphatic heterocycles. The minimum Gasteiger partial charge on any atom is -0.456 e. The average Bonchev–Trinajstić information content (AvgIpc) is 3.53. The van der Waals surface area contributed by atoms with Gasteiger partial charge in [0, 0.05) is 22.3 Å². The van der Waals surface area contributed by atoms with Gasteiger partial charge >= 0.3 is 0 Å². The Bertz CT molecular complexity index is 2610. The van der Waals surface area contributed by atoms with Crippen LogP contribution in [0.3, 0.4) is 0 Å². The number of para-hydroxylation sites is 1. The van der Waals surface area contributed by atoms with Crippen molar-refractivity contribution in [2.75, 3.05) is 4.90 Å². The number of nitrogens with zero attached hydrogens (tertiary/aromatic N) is 1. The number of anilines is 3. The molecule has 4 nitrogen and oxygen atoms in total. The van der Waals surface area contributed by atoms with Crippen molar-refractivity contribution in [2.24, 2.45) is 0 Å². The van der Waals surface area contributed by atoms with Crippen molar-refractivity contribution in [2.45, 2.75) is 0 Å². The fraction of sp³-hybridized carbons (Fsp3) is 0. The van der Waals surface area contributed by atoms with Gasteiger partial charge in [0.2, 0.25) is 0 Å². The van der Waals surface area contributed by atoms with Gasteiger partial charge in [-0.2, -0.15) is 0 Å². The summed E-state index contributed by atoms with van der Waals surface area (Å²) in [5, 5.41) is 21.3. The predicted octanol–water partition coefficient (Wildman–Crippen LogP) is 12.0. The van der Waals surface area contributed by atoms with Crippen LogP contribution in [0.15, 0.2) is 162 Å². The minimum atomic E-state index is 0.219. The summed E-state index contributed by atoms with van der Waals surface area (Å²) in [4.78, 5) is 2.30. The summed E-state index contributed by atoms with van der Waals surface area (Å²) < 4.78 is 6.36. The van der Waals surface area contributed by atoms with Crippen LogP contribution >= 0.6 is 0 Å². The summed E-state index contributed by atoms with van der Waals surface area (Å²) in [6, 6.07) is 52.8. The fourth-order valence-electron chi connectivity index (χ4n) is 7.06. The summed E-state index contributed by atoms with van der Waals surface area (Å²) in [7, 11) is 0. The topological polar surface area (TPSA) is 64.1 Å². The molecular weight excluding hydrogens is 587 g/mol. The third-order valence-corrected chi connectivity index (χ3v) is 9.29. The second-order valence-electron chi connectivity index (χ2n) is 12.1. The van der Waals surface area contributed by atoms with Crippen molar-refractivity contribution in [1.29, 1.82) is 10.8 Å². The van der Waals surface area contributed by atoms with Gasteiger partial charge in [-0.15, -0.1) is 0 Å².